The van der Waals surface area contributed by atoms with Crippen LogP contribution in [0.3, 0.4) is 0 Å². The zero-order chi connectivity index (χ0) is 17.6. The summed E-state index contributed by atoms with van der Waals surface area (Å²) in [5, 5.41) is 2.57. The number of anilines is 1. The molecule has 0 bridgehead atoms. The van der Waals surface area contributed by atoms with Gasteiger partial charge in [0.15, 0.2) is 6.10 Å². The Balaban J connectivity index is 1.83. The second kappa shape index (κ2) is 5.67. The van der Waals surface area contributed by atoms with Gasteiger partial charge in [0.05, 0.1) is 0 Å². The molecular weight excluding hydrogens is 310 g/mol. The molecule has 126 valence electrons. The highest BCUT2D eigenvalue weighted by molar-refractivity contribution is 5.94. The summed E-state index contributed by atoms with van der Waals surface area (Å²) < 4.78 is 7.91. The van der Waals surface area contributed by atoms with Crippen molar-refractivity contribution in [3.8, 4) is 5.75 Å². The molecule has 24 heavy (non-hydrogen) atoms. The Morgan fingerprint density at radius 3 is 2.58 bits per heavy atom. The Morgan fingerprint density at radius 2 is 1.88 bits per heavy atom. The molecule has 0 saturated carbocycles. The topological polar surface area (TPSA) is 82.3 Å². The predicted octanol–water partition coefficient (Wildman–Crippen LogP) is 0.643. The van der Waals surface area contributed by atoms with Gasteiger partial charge in [-0.25, -0.2) is 4.79 Å². The van der Waals surface area contributed by atoms with Crippen molar-refractivity contribution in [3.05, 3.63) is 55.9 Å². The van der Waals surface area contributed by atoms with Crippen LogP contribution in [-0.2, 0) is 25.3 Å². The predicted molar refractivity (Wildman–Crippen MR) is 89.6 cm³/mol. The minimum Gasteiger partial charge on any atom is -0.480 e. The van der Waals surface area contributed by atoms with Crippen molar-refractivity contribution in [1.29, 1.82) is 0 Å². The van der Waals surface area contributed by atoms with Crippen molar-refractivity contribution in [2.75, 3.05) is 5.32 Å². The smallest absolute Gasteiger partial charge is 0.330 e. The van der Waals surface area contributed by atoms with Crippen LogP contribution in [-0.4, -0.2) is 21.1 Å². The second-order valence-electron chi connectivity index (χ2n) is 6.14. The molecule has 3 rings (SSSR count). The molecule has 0 aliphatic carbocycles. The highest BCUT2D eigenvalue weighted by Gasteiger charge is 2.30. The molecule has 1 aromatic heterocycles. The van der Waals surface area contributed by atoms with Gasteiger partial charge in [-0.1, -0.05) is 6.07 Å². The molecule has 1 aliphatic heterocycles. The summed E-state index contributed by atoms with van der Waals surface area (Å²) in [5.74, 6) is 0.295. The summed E-state index contributed by atoms with van der Waals surface area (Å²) in [4.78, 5) is 36.2. The maximum atomic E-state index is 12.4. The van der Waals surface area contributed by atoms with E-state index in [1.165, 1.54) is 24.9 Å². The summed E-state index contributed by atoms with van der Waals surface area (Å²) >= 11 is 0. The van der Waals surface area contributed by atoms with E-state index in [1.54, 1.807) is 0 Å². The molecule has 1 N–H and O–H groups in total. The van der Waals surface area contributed by atoms with Gasteiger partial charge in [-0.2, -0.15) is 0 Å². The number of hydrogen-bond acceptors (Lipinski definition) is 4. The molecular formula is C17H19N3O4. The van der Waals surface area contributed by atoms with Gasteiger partial charge in [0, 0.05) is 26.7 Å². The molecule has 0 saturated heterocycles. The lowest BCUT2D eigenvalue weighted by molar-refractivity contribution is -0.122. The van der Waals surface area contributed by atoms with Crippen molar-refractivity contribution < 1.29 is 9.53 Å². The summed E-state index contributed by atoms with van der Waals surface area (Å²) in [5.41, 5.74) is 2.28. The van der Waals surface area contributed by atoms with Gasteiger partial charge < -0.3 is 14.6 Å². The first kappa shape index (κ1) is 16.0. The van der Waals surface area contributed by atoms with E-state index in [4.69, 9.17) is 4.74 Å². The molecule has 7 heteroatoms. The Labute approximate surface area is 138 Å². The molecule has 1 aliphatic rings. The lowest BCUT2D eigenvalue weighted by Crippen LogP contribution is -2.40. The SMILES string of the molecule is Cc1cc2c(cc1C)O[C@@H](C(=O)Nc1cn(C)c(=O)n(C)c1=O)C2. The van der Waals surface area contributed by atoms with Gasteiger partial charge in [0.25, 0.3) is 11.5 Å². The van der Waals surface area contributed by atoms with E-state index in [9.17, 15) is 14.4 Å². The summed E-state index contributed by atoms with van der Waals surface area (Å²) in [6, 6.07) is 3.94. The first-order chi connectivity index (χ1) is 11.3. The van der Waals surface area contributed by atoms with Crippen LogP contribution in [0.1, 0.15) is 16.7 Å². The third-order valence-corrected chi connectivity index (χ3v) is 4.35. The maximum Gasteiger partial charge on any atom is 0.330 e. The van der Waals surface area contributed by atoms with Crippen LogP contribution in [0.25, 0.3) is 0 Å². The van der Waals surface area contributed by atoms with Gasteiger partial charge in [-0.15, -0.1) is 0 Å². The van der Waals surface area contributed by atoms with Crippen LogP contribution in [0, 0.1) is 13.8 Å². The van der Waals surface area contributed by atoms with Crippen LogP contribution in [0.2, 0.25) is 0 Å². The third kappa shape index (κ3) is 2.62. The van der Waals surface area contributed by atoms with Crippen LogP contribution >= 0.6 is 0 Å². The van der Waals surface area contributed by atoms with Gasteiger partial charge in [-0.05, 0) is 36.6 Å². The van der Waals surface area contributed by atoms with Crippen LogP contribution < -0.4 is 21.3 Å². The normalized spacial score (nSPS) is 15.8. The third-order valence-electron chi connectivity index (χ3n) is 4.35. The number of benzene rings is 1. The van der Waals surface area contributed by atoms with Gasteiger partial charge in [0.2, 0.25) is 0 Å². The highest BCUT2D eigenvalue weighted by atomic mass is 16.5. The molecule has 1 amide bonds. The number of aryl methyl sites for hydroxylation is 3. The van der Waals surface area contributed by atoms with Crippen LogP contribution in [0.5, 0.6) is 5.75 Å². The lowest BCUT2D eigenvalue weighted by Gasteiger charge is -2.12. The summed E-state index contributed by atoms with van der Waals surface area (Å²) in [7, 11) is 2.89. The van der Waals surface area contributed by atoms with Crippen molar-refractivity contribution in [2.24, 2.45) is 14.1 Å². The number of aromatic nitrogens is 2. The minimum absolute atomic E-state index is 0.0523. The number of hydrogen-bond donors (Lipinski definition) is 1. The Morgan fingerprint density at radius 1 is 1.21 bits per heavy atom. The number of nitrogens with one attached hydrogen (secondary N) is 1. The molecule has 2 heterocycles. The number of amides is 1. The zero-order valence-electron chi connectivity index (χ0n) is 14.0. The van der Waals surface area contributed by atoms with Crippen molar-refractivity contribution in [3.63, 3.8) is 0 Å². The standard InChI is InChI=1S/C17H19N3O4/c1-9-5-11-7-14(24-13(11)6-10(9)2)15(21)18-12-8-19(3)17(23)20(4)16(12)22/h5-6,8,14H,7H2,1-4H3,(H,18,21)/t14-/m1/s1. The number of ether oxygens (including phenoxy) is 1. The maximum absolute atomic E-state index is 12.4. The first-order valence-electron chi connectivity index (χ1n) is 7.62. The van der Waals surface area contributed by atoms with E-state index >= 15 is 0 Å². The number of fused-ring (bicyclic) bond motifs is 1. The Bertz CT molecular complexity index is 925. The minimum atomic E-state index is -0.692. The second-order valence-corrected chi connectivity index (χ2v) is 6.14. The molecule has 2 aromatic rings. The average molecular weight is 329 g/mol. The van der Waals surface area contributed by atoms with Gasteiger partial charge in [0.1, 0.15) is 11.4 Å². The highest BCUT2D eigenvalue weighted by Crippen LogP contribution is 2.31. The lowest BCUT2D eigenvalue weighted by atomic mass is 10.0. The van der Waals surface area contributed by atoms with Crippen molar-refractivity contribution in [2.45, 2.75) is 26.4 Å². The van der Waals surface area contributed by atoms with E-state index in [0.29, 0.717) is 12.2 Å². The van der Waals surface area contributed by atoms with Crippen molar-refractivity contribution >= 4 is 11.6 Å². The van der Waals surface area contributed by atoms with E-state index in [0.717, 1.165) is 21.3 Å². The van der Waals surface area contributed by atoms with Crippen LogP contribution in [0.15, 0.2) is 27.9 Å². The fourth-order valence-corrected chi connectivity index (χ4v) is 2.77. The molecule has 1 atom stereocenters. The van der Waals surface area contributed by atoms with Crippen LogP contribution in [0.4, 0.5) is 5.69 Å². The zero-order valence-corrected chi connectivity index (χ0v) is 14.0. The van der Waals surface area contributed by atoms with E-state index in [1.807, 2.05) is 26.0 Å². The number of carbonyl (C=O) groups is 1. The van der Waals surface area contributed by atoms with Gasteiger partial charge >= 0.3 is 5.69 Å². The molecule has 1 aromatic carbocycles. The summed E-state index contributed by atoms with van der Waals surface area (Å²) in [6.45, 7) is 4.00. The Hall–Kier alpha value is -2.83. The molecule has 0 spiro atoms. The molecule has 7 nitrogen and oxygen atoms in total. The quantitative estimate of drug-likeness (QED) is 0.877. The Kier molecular flexibility index (Phi) is 3.79. The van der Waals surface area contributed by atoms with E-state index in [2.05, 4.69) is 5.32 Å². The fraction of sp³-hybridized carbons (Fsp3) is 0.353. The number of rotatable bonds is 2. The monoisotopic (exact) mass is 329 g/mol. The van der Waals surface area contributed by atoms with Gasteiger partial charge in [-0.3, -0.25) is 14.2 Å². The molecule has 0 radical (unpaired) electrons. The first-order valence-corrected chi connectivity index (χ1v) is 7.62. The number of nitrogens with zero attached hydrogens (tertiary/aromatic N) is 2. The largest absolute Gasteiger partial charge is 0.480 e. The van der Waals surface area contributed by atoms with Crippen molar-refractivity contribution in [1.82, 2.24) is 9.13 Å². The molecule has 0 unspecified atom stereocenters. The van der Waals surface area contributed by atoms with E-state index in [-0.39, 0.29) is 5.69 Å². The molecule has 0 fully saturated rings. The number of carbonyl (C=O) groups excluding carboxylic acids is 1. The fourth-order valence-electron chi connectivity index (χ4n) is 2.77. The van der Waals surface area contributed by atoms with E-state index < -0.39 is 23.3 Å². The summed E-state index contributed by atoms with van der Waals surface area (Å²) in [6.07, 6.45) is 1.08. The average Bonchev–Trinajstić information content (AvgIpc) is 2.93.